The first-order valence-corrected chi connectivity index (χ1v) is 9.75. The monoisotopic (exact) mass is 389 g/mol. The average molecular weight is 390 g/mol. The molecule has 2 heterocycles. The zero-order chi connectivity index (χ0) is 20.6. The van der Waals surface area contributed by atoms with Crippen LogP contribution >= 0.6 is 0 Å². The van der Waals surface area contributed by atoms with Crippen LogP contribution in [0.15, 0.2) is 54.7 Å². The summed E-state index contributed by atoms with van der Waals surface area (Å²) in [7, 11) is 1.91. The van der Waals surface area contributed by atoms with Crippen molar-refractivity contribution in [2.24, 2.45) is 0 Å². The molecule has 1 aliphatic rings. The van der Waals surface area contributed by atoms with E-state index >= 15 is 0 Å². The van der Waals surface area contributed by atoms with E-state index in [0.717, 1.165) is 17.1 Å². The minimum Gasteiger partial charge on any atom is -0.397 e. The van der Waals surface area contributed by atoms with Gasteiger partial charge < -0.3 is 21.7 Å². The molecule has 1 fully saturated rings. The Bertz CT molecular complexity index is 967. The van der Waals surface area contributed by atoms with Crippen molar-refractivity contribution in [2.75, 3.05) is 41.8 Å². The Labute approximate surface area is 171 Å². The van der Waals surface area contributed by atoms with E-state index in [0.29, 0.717) is 11.4 Å². The predicted molar refractivity (Wildman–Crippen MR) is 119 cm³/mol. The fourth-order valence-electron chi connectivity index (χ4n) is 3.33. The highest BCUT2D eigenvalue weighted by atomic mass is 15.3. The Hall–Kier alpha value is -3.66. The van der Waals surface area contributed by atoms with Crippen LogP contribution in [0, 0.1) is 11.3 Å². The number of nitrogens with one attached hydrogen (secondary N) is 1. The van der Waals surface area contributed by atoms with Crippen LogP contribution < -0.4 is 21.7 Å². The van der Waals surface area contributed by atoms with Crippen LogP contribution in [0.3, 0.4) is 0 Å². The Morgan fingerprint density at radius 3 is 2.34 bits per heavy atom. The van der Waals surface area contributed by atoms with Crippen molar-refractivity contribution < 1.29 is 0 Å². The number of hydrogen-bond acceptors (Lipinski definition) is 6. The summed E-state index contributed by atoms with van der Waals surface area (Å²) in [6, 6.07) is 17.7. The first-order chi connectivity index (χ1) is 14.1. The molecular formula is C22H27N7. The van der Waals surface area contributed by atoms with Crippen molar-refractivity contribution in [3.05, 3.63) is 60.3 Å². The fourth-order valence-corrected chi connectivity index (χ4v) is 3.33. The number of aromatic nitrogens is 2. The molecule has 150 valence electrons. The van der Waals surface area contributed by atoms with Gasteiger partial charge in [0.15, 0.2) is 0 Å². The highest BCUT2D eigenvalue weighted by Crippen LogP contribution is 2.27. The van der Waals surface area contributed by atoms with Gasteiger partial charge in [-0.3, -0.25) is 0 Å². The van der Waals surface area contributed by atoms with Gasteiger partial charge in [-0.05, 0) is 49.6 Å². The van der Waals surface area contributed by atoms with Crippen LogP contribution in [-0.2, 0) is 0 Å². The van der Waals surface area contributed by atoms with Crippen molar-refractivity contribution in [3.63, 3.8) is 0 Å². The standard InChI is InChI=1S/C12H19N3.C10H8N4/c1-14-12-9-10(5-6-11(12)13)15-7-3-2-4-8-15;11-6-8-7-13-14(10(8)12)9-4-2-1-3-5-9/h5-6,9,14H,2-4,7-8,13H2,1H3;1-5,7H,12H2. The summed E-state index contributed by atoms with van der Waals surface area (Å²) in [4.78, 5) is 2.43. The molecule has 1 aliphatic heterocycles. The summed E-state index contributed by atoms with van der Waals surface area (Å²) < 4.78 is 1.54. The number of anilines is 4. The van der Waals surface area contributed by atoms with E-state index in [1.807, 2.05) is 49.5 Å². The largest absolute Gasteiger partial charge is 0.397 e. The smallest absolute Gasteiger partial charge is 0.145 e. The Kier molecular flexibility index (Phi) is 6.59. The van der Waals surface area contributed by atoms with Gasteiger partial charge in [-0.1, -0.05) is 18.2 Å². The lowest BCUT2D eigenvalue weighted by atomic mass is 10.1. The summed E-state index contributed by atoms with van der Waals surface area (Å²) in [5, 5.41) is 15.8. The highest BCUT2D eigenvalue weighted by Gasteiger charge is 2.11. The number of nitriles is 1. The first kappa shape index (κ1) is 20.1. The topological polar surface area (TPSA) is 109 Å². The molecule has 0 spiro atoms. The van der Waals surface area contributed by atoms with Gasteiger partial charge >= 0.3 is 0 Å². The molecular weight excluding hydrogens is 362 g/mol. The van der Waals surface area contributed by atoms with Crippen LogP contribution in [-0.4, -0.2) is 29.9 Å². The first-order valence-electron chi connectivity index (χ1n) is 9.75. The molecule has 0 bridgehead atoms. The molecule has 0 aliphatic carbocycles. The van der Waals surface area contributed by atoms with Gasteiger partial charge in [-0.15, -0.1) is 0 Å². The highest BCUT2D eigenvalue weighted by molar-refractivity contribution is 5.72. The van der Waals surface area contributed by atoms with E-state index in [-0.39, 0.29) is 0 Å². The third-order valence-electron chi connectivity index (χ3n) is 4.96. The molecule has 1 aromatic heterocycles. The third kappa shape index (κ3) is 4.79. The van der Waals surface area contributed by atoms with E-state index in [1.54, 1.807) is 4.68 Å². The number of nitrogen functional groups attached to an aromatic ring is 2. The molecule has 3 aromatic rings. The van der Waals surface area contributed by atoms with Crippen LogP contribution in [0.2, 0.25) is 0 Å². The van der Waals surface area contributed by atoms with Crippen molar-refractivity contribution in [1.82, 2.24) is 9.78 Å². The van der Waals surface area contributed by atoms with Crippen molar-refractivity contribution >= 4 is 22.9 Å². The summed E-state index contributed by atoms with van der Waals surface area (Å²) in [6.07, 6.45) is 5.44. The van der Waals surface area contributed by atoms with E-state index in [9.17, 15) is 0 Å². The van der Waals surface area contributed by atoms with Gasteiger partial charge in [-0.25, -0.2) is 4.68 Å². The summed E-state index contributed by atoms with van der Waals surface area (Å²) in [6.45, 7) is 2.35. The second kappa shape index (κ2) is 9.51. The van der Waals surface area contributed by atoms with Gasteiger partial charge in [0.25, 0.3) is 0 Å². The summed E-state index contributed by atoms with van der Waals surface area (Å²) >= 11 is 0. The van der Waals surface area contributed by atoms with Gasteiger partial charge in [-0.2, -0.15) is 10.4 Å². The molecule has 0 unspecified atom stereocenters. The zero-order valence-electron chi connectivity index (χ0n) is 16.7. The Morgan fingerprint density at radius 1 is 1.00 bits per heavy atom. The number of nitrogens with zero attached hydrogens (tertiary/aromatic N) is 4. The molecule has 29 heavy (non-hydrogen) atoms. The second-order valence-electron chi connectivity index (χ2n) is 6.87. The van der Waals surface area contributed by atoms with E-state index in [4.69, 9.17) is 16.7 Å². The van der Waals surface area contributed by atoms with Crippen molar-refractivity contribution in [3.8, 4) is 11.8 Å². The number of benzene rings is 2. The number of para-hydroxylation sites is 1. The maximum Gasteiger partial charge on any atom is 0.145 e. The molecule has 1 saturated heterocycles. The number of nitrogens with two attached hydrogens (primary N) is 2. The third-order valence-corrected chi connectivity index (χ3v) is 4.96. The minimum absolute atomic E-state index is 0.374. The van der Waals surface area contributed by atoms with Gasteiger partial charge in [0.2, 0.25) is 0 Å². The van der Waals surface area contributed by atoms with E-state index in [2.05, 4.69) is 27.4 Å². The summed E-state index contributed by atoms with van der Waals surface area (Å²) in [5.74, 6) is 0.374. The quantitative estimate of drug-likeness (QED) is 0.590. The average Bonchev–Trinajstić information content (AvgIpc) is 3.16. The Balaban J connectivity index is 0.000000166. The number of rotatable bonds is 3. The lowest BCUT2D eigenvalue weighted by molar-refractivity contribution is 0.578. The van der Waals surface area contributed by atoms with Crippen LogP contribution in [0.1, 0.15) is 24.8 Å². The van der Waals surface area contributed by atoms with E-state index in [1.165, 1.54) is 44.2 Å². The molecule has 0 atom stereocenters. The lowest BCUT2D eigenvalue weighted by Crippen LogP contribution is -2.29. The molecule has 2 aromatic carbocycles. The number of piperidine rings is 1. The molecule has 0 amide bonds. The lowest BCUT2D eigenvalue weighted by Gasteiger charge is -2.29. The van der Waals surface area contributed by atoms with Crippen molar-refractivity contribution in [1.29, 1.82) is 5.26 Å². The predicted octanol–water partition coefficient (Wildman–Crippen LogP) is 3.63. The van der Waals surface area contributed by atoms with Crippen LogP contribution in [0.25, 0.3) is 5.69 Å². The molecule has 4 rings (SSSR count). The summed E-state index contributed by atoms with van der Waals surface area (Å²) in [5.41, 5.74) is 16.0. The SMILES string of the molecule is CNc1cc(N2CCCCC2)ccc1N.N#Cc1cnn(-c2ccccc2)c1N. The second-order valence-corrected chi connectivity index (χ2v) is 6.87. The zero-order valence-corrected chi connectivity index (χ0v) is 16.7. The molecule has 7 nitrogen and oxygen atoms in total. The number of hydrogen-bond donors (Lipinski definition) is 3. The van der Waals surface area contributed by atoms with E-state index < -0.39 is 0 Å². The maximum absolute atomic E-state index is 8.70. The fraction of sp³-hybridized carbons (Fsp3) is 0.273. The normalized spacial score (nSPS) is 13.2. The molecule has 7 heteroatoms. The van der Waals surface area contributed by atoms with Gasteiger partial charge in [0.05, 0.1) is 23.3 Å². The van der Waals surface area contributed by atoms with Gasteiger partial charge in [0, 0.05) is 25.8 Å². The molecule has 0 radical (unpaired) electrons. The van der Waals surface area contributed by atoms with Crippen LogP contribution in [0.4, 0.5) is 22.9 Å². The molecule has 0 saturated carbocycles. The van der Waals surface area contributed by atoms with Crippen LogP contribution in [0.5, 0.6) is 0 Å². The van der Waals surface area contributed by atoms with Gasteiger partial charge in [0.1, 0.15) is 17.5 Å². The molecule has 5 N–H and O–H groups in total. The van der Waals surface area contributed by atoms with Crippen molar-refractivity contribution in [2.45, 2.75) is 19.3 Å². The Morgan fingerprint density at radius 2 is 1.72 bits per heavy atom. The maximum atomic E-state index is 8.70. The minimum atomic E-state index is 0.374.